The maximum atomic E-state index is 5.80. The van der Waals surface area contributed by atoms with Crippen LogP contribution >= 0.6 is 34.8 Å². The molecule has 0 amide bonds. The van der Waals surface area contributed by atoms with E-state index >= 15 is 0 Å². The van der Waals surface area contributed by atoms with Crippen molar-refractivity contribution in [3.63, 3.8) is 0 Å². The first-order valence-corrected chi connectivity index (χ1v) is 7.14. The van der Waals surface area contributed by atoms with Crippen LogP contribution in [0.3, 0.4) is 0 Å². The third kappa shape index (κ3) is 4.30. The molecule has 4 nitrogen and oxygen atoms in total. The second-order valence-electron chi connectivity index (χ2n) is 4.14. The molecule has 110 valence electrons. The molecule has 1 aromatic heterocycles. The SMILES string of the molecule is COc1ccccc1/C=C/c1nc(C)nc(C(Cl)(Cl)Cl)n1. The van der Waals surface area contributed by atoms with Crippen molar-refractivity contribution in [2.75, 3.05) is 7.11 Å². The van der Waals surface area contributed by atoms with Gasteiger partial charge in [0.15, 0.2) is 11.6 Å². The van der Waals surface area contributed by atoms with Crippen LogP contribution in [-0.4, -0.2) is 22.1 Å². The van der Waals surface area contributed by atoms with E-state index < -0.39 is 3.79 Å². The summed E-state index contributed by atoms with van der Waals surface area (Å²) in [6, 6.07) is 7.59. The van der Waals surface area contributed by atoms with Crippen molar-refractivity contribution in [1.82, 2.24) is 15.0 Å². The molecule has 0 saturated carbocycles. The number of aryl methyl sites for hydroxylation is 1. The number of nitrogens with zero attached hydrogens (tertiary/aromatic N) is 3. The van der Waals surface area contributed by atoms with Gasteiger partial charge in [0, 0.05) is 5.56 Å². The van der Waals surface area contributed by atoms with Crippen molar-refractivity contribution in [3.8, 4) is 5.75 Å². The third-order valence-electron chi connectivity index (χ3n) is 2.57. The maximum Gasteiger partial charge on any atom is 0.250 e. The number of halogens is 3. The zero-order valence-electron chi connectivity index (χ0n) is 11.3. The van der Waals surface area contributed by atoms with Crippen LogP contribution in [0.5, 0.6) is 5.75 Å². The molecule has 21 heavy (non-hydrogen) atoms. The van der Waals surface area contributed by atoms with Crippen LogP contribution in [0.1, 0.15) is 23.0 Å². The van der Waals surface area contributed by atoms with Gasteiger partial charge in [-0.15, -0.1) is 0 Å². The molecule has 0 saturated heterocycles. The molecule has 0 atom stereocenters. The normalized spacial score (nSPS) is 11.9. The molecule has 2 aromatic rings. The average molecular weight is 345 g/mol. The van der Waals surface area contributed by atoms with Gasteiger partial charge in [-0.25, -0.2) is 15.0 Å². The number of methoxy groups -OCH3 is 1. The van der Waals surface area contributed by atoms with E-state index in [1.54, 1.807) is 20.1 Å². The molecule has 0 fully saturated rings. The molecular formula is C14H12Cl3N3O. The fourth-order valence-corrected chi connectivity index (χ4v) is 1.93. The highest BCUT2D eigenvalue weighted by atomic mass is 35.6. The fraction of sp³-hybridized carbons (Fsp3) is 0.214. The van der Waals surface area contributed by atoms with Crippen LogP contribution in [0.4, 0.5) is 0 Å². The molecule has 0 spiro atoms. The number of alkyl halides is 3. The van der Waals surface area contributed by atoms with E-state index in [2.05, 4.69) is 15.0 Å². The highest BCUT2D eigenvalue weighted by Crippen LogP contribution is 2.35. The molecule has 2 rings (SSSR count). The Hall–Kier alpha value is -1.36. The lowest BCUT2D eigenvalue weighted by atomic mass is 10.2. The number of hydrogen-bond donors (Lipinski definition) is 0. The Kier molecular flexibility index (Phi) is 5.04. The number of ether oxygens (including phenoxy) is 1. The molecule has 0 aliphatic heterocycles. The Morgan fingerprint density at radius 3 is 2.43 bits per heavy atom. The summed E-state index contributed by atoms with van der Waals surface area (Å²) in [7, 11) is 1.61. The van der Waals surface area contributed by atoms with Crippen LogP contribution in [0.25, 0.3) is 12.2 Å². The Balaban J connectivity index is 2.35. The van der Waals surface area contributed by atoms with Gasteiger partial charge < -0.3 is 4.74 Å². The monoisotopic (exact) mass is 343 g/mol. The molecule has 0 bridgehead atoms. The zero-order chi connectivity index (χ0) is 15.5. The van der Waals surface area contributed by atoms with Crippen LogP contribution in [-0.2, 0) is 3.79 Å². The minimum atomic E-state index is -1.68. The molecule has 7 heteroatoms. The summed E-state index contributed by atoms with van der Waals surface area (Å²) >= 11 is 17.4. The van der Waals surface area contributed by atoms with Crippen molar-refractivity contribution in [2.24, 2.45) is 0 Å². The van der Waals surface area contributed by atoms with Crippen LogP contribution < -0.4 is 4.74 Å². The molecule has 0 unspecified atom stereocenters. The quantitative estimate of drug-likeness (QED) is 0.784. The van der Waals surface area contributed by atoms with Crippen molar-refractivity contribution in [1.29, 1.82) is 0 Å². The summed E-state index contributed by atoms with van der Waals surface area (Å²) < 4.78 is 3.59. The second kappa shape index (κ2) is 6.60. The van der Waals surface area contributed by atoms with Crippen molar-refractivity contribution in [3.05, 3.63) is 47.3 Å². The van der Waals surface area contributed by atoms with E-state index in [0.29, 0.717) is 11.6 Å². The summed E-state index contributed by atoms with van der Waals surface area (Å²) in [6.07, 6.45) is 3.54. The highest BCUT2D eigenvalue weighted by molar-refractivity contribution is 6.66. The minimum absolute atomic E-state index is 0.0969. The topological polar surface area (TPSA) is 47.9 Å². The molecular weight excluding hydrogens is 333 g/mol. The van der Waals surface area contributed by atoms with Gasteiger partial charge in [0.1, 0.15) is 11.6 Å². The number of rotatable bonds is 3. The Bertz CT molecular complexity index is 669. The van der Waals surface area contributed by atoms with Gasteiger partial charge in [0.25, 0.3) is 0 Å². The summed E-state index contributed by atoms with van der Waals surface area (Å²) in [6.45, 7) is 1.71. The Morgan fingerprint density at radius 2 is 1.76 bits per heavy atom. The van der Waals surface area contributed by atoms with Gasteiger partial charge in [0.05, 0.1) is 7.11 Å². The van der Waals surface area contributed by atoms with Gasteiger partial charge >= 0.3 is 0 Å². The minimum Gasteiger partial charge on any atom is -0.496 e. The van der Waals surface area contributed by atoms with E-state index in [0.717, 1.165) is 11.3 Å². The molecule has 1 heterocycles. The first-order chi connectivity index (χ1) is 9.90. The number of hydrogen-bond acceptors (Lipinski definition) is 4. The van der Waals surface area contributed by atoms with E-state index in [4.69, 9.17) is 39.5 Å². The molecule has 0 aliphatic carbocycles. The van der Waals surface area contributed by atoms with Gasteiger partial charge in [-0.05, 0) is 25.1 Å². The predicted molar refractivity (Wildman–Crippen MR) is 85.7 cm³/mol. The summed E-state index contributed by atoms with van der Waals surface area (Å²) in [5.41, 5.74) is 0.897. The van der Waals surface area contributed by atoms with E-state index in [-0.39, 0.29) is 5.82 Å². The molecule has 0 N–H and O–H groups in total. The standard InChI is InChI=1S/C14H12Cl3N3O/c1-9-18-12(20-13(19-9)14(15,16)17)8-7-10-5-3-4-6-11(10)21-2/h3-8H,1-2H3/b8-7+. The van der Waals surface area contributed by atoms with Crippen LogP contribution in [0.15, 0.2) is 24.3 Å². The fourth-order valence-electron chi connectivity index (χ4n) is 1.67. The summed E-state index contributed by atoms with van der Waals surface area (Å²) in [4.78, 5) is 12.3. The molecule has 0 radical (unpaired) electrons. The lowest BCUT2D eigenvalue weighted by molar-refractivity contribution is 0.414. The lowest BCUT2D eigenvalue weighted by Crippen LogP contribution is -2.11. The first-order valence-electron chi connectivity index (χ1n) is 6.01. The van der Waals surface area contributed by atoms with Gasteiger partial charge in [-0.3, -0.25) is 0 Å². The van der Waals surface area contributed by atoms with Gasteiger partial charge in [0.2, 0.25) is 3.79 Å². The molecule has 0 aliphatic rings. The van der Waals surface area contributed by atoms with Gasteiger partial charge in [-0.1, -0.05) is 53.0 Å². The summed E-state index contributed by atoms with van der Waals surface area (Å²) in [5.74, 6) is 1.74. The summed E-state index contributed by atoms with van der Waals surface area (Å²) in [5, 5.41) is 0. The van der Waals surface area contributed by atoms with E-state index in [9.17, 15) is 0 Å². The lowest BCUT2D eigenvalue weighted by Gasteiger charge is -2.09. The largest absolute Gasteiger partial charge is 0.496 e. The van der Waals surface area contributed by atoms with Crippen LogP contribution in [0, 0.1) is 6.92 Å². The predicted octanol–water partition coefficient (Wildman–Crippen LogP) is 4.19. The number of benzene rings is 1. The second-order valence-corrected chi connectivity index (χ2v) is 6.42. The number of aromatic nitrogens is 3. The zero-order valence-corrected chi connectivity index (χ0v) is 13.6. The van der Waals surface area contributed by atoms with Crippen molar-refractivity contribution < 1.29 is 4.74 Å². The van der Waals surface area contributed by atoms with Crippen molar-refractivity contribution in [2.45, 2.75) is 10.7 Å². The average Bonchev–Trinajstić information content (AvgIpc) is 2.44. The van der Waals surface area contributed by atoms with E-state index in [1.165, 1.54) is 0 Å². The van der Waals surface area contributed by atoms with E-state index in [1.807, 2.05) is 30.3 Å². The third-order valence-corrected chi connectivity index (χ3v) is 3.08. The van der Waals surface area contributed by atoms with Crippen LogP contribution in [0.2, 0.25) is 0 Å². The first kappa shape index (κ1) is 16.0. The number of para-hydroxylation sites is 1. The molecule has 1 aromatic carbocycles. The van der Waals surface area contributed by atoms with Gasteiger partial charge in [-0.2, -0.15) is 0 Å². The highest BCUT2D eigenvalue weighted by Gasteiger charge is 2.27. The Morgan fingerprint density at radius 1 is 1.05 bits per heavy atom. The Labute approximate surface area is 137 Å². The van der Waals surface area contributed by atoms with Crippen molar-refractivity contribution >= 4 is 47.0 Å². The maximum absolute atomic E-state index is 5.80. The smallest absolute Gasteiger partial charge is 0.250 e.